The van der Waals surface area contributed by atoms with E-state index in [-0.39, 0.29) is 18.7 Å². The number of amides is 1. The molecule has 0 heterocycles. The van der Waals surface area contributed by atoms with Crippen LogP contribution in [0.2, 0.25) is 0 Å². The van der Waals surface area contributed by atoms with Gasteiger partial charge in [-0.05, 0) is 29.8 Å². The van der Waals surface area contributed by atoms with Gasteiger partial charge in [0.2, 0.25) is 0 Å². The second-order valence-corrected chi connectivity index (χ2v) is 5.41. The molecule has 0 atom stereocenters. The third kappa shape index (κ3) is 5.67. The number of carbonyl (C=O) groups is 1. The molecule has 0 fully saturated rings. The number of hydrogen-bond donors (Lipinski definition) is 0. The highest BCUT2D eigenvalue weighted by atomic mass is 16.5. The van der Waals surface area contributed by atoms with Gasteiger partial charge in [-0.3, -0.25) is 4.79 Å². The van der Waals surface area contributed by atoms with Crippen LogP contribution in [0.3, 0.4) is 0 Å². The maximum atomic E-state index is 12.5. The van der Waals surface area contributed by atoms with E-state index in [0.29, 0.717) is 31.0 Å². The molecule has 0 spiro atoms. The van der Waals surface area contributed by atoms with E-state index < -0.39 is 0 Å². The number of hydrogen-bond acceptors (Lipinski definition) is 4. The molecule has 126 valence electrons. The predicted molar refractivity (Wildman–Crippen MR) is 93.6 cm³/mol. The van der Waals surface area contributed by atoms with Crippen molar-refractivity contribution in [3.63, 3.8) is 0 Å². The predicted octanol–water partition coefficient (Wildman–Crippen LogP) is 3.54. The van der Waals surface area contributed by atoms with E-state index in [1.54, 1.807) is 24.3 Å². The van der Waals surface area contributed by atoms with Crippen molar-refractivity contribution in [2.24, 2.45) is 0 Å². The molecule has 0 aliphatic rings. The van der Waals surface area contributed by atoms with Crippen LogP contribution >= 0.6 is 0 Å². The van der Waals surface area contributed by atoms with E-state index in [2.05, 4.69) is 0 Å². The highest BCUT2D eigenvalue weighted by Gasteiger charge is 2.15. The maximum Gasteiger partial charge on any atom is 0.253 e. The average molecular weight is 333 g/mol. The Morgan fingerprint density at radius 2 is 1.52 bits per heavy atom. The highest BCUT2D eigenvalue weighted by molar-refractivity contribution is 5.94. The first-order valence-corrected chi connectivity index (χ1v) is 8.04. The lowest BCUT2D eigenvalue weighted by molar-refractivity contribution is 0.0762. The van der Waals surface area contributed by atoms with Gasteiger partial charge < -0.3 is 9.64 Å². The van der Waals surface area contributed by atoms with Gasteiger partial charge in [-0.15, -0.1) is 0 Å². The van der Waals surface area contributed by atoms with Crippen molar-refractivity contribution in [2.45, 2.75) is 19.4 Å². The van der Waals surface area contributed by atoms with Gasteiger partial charge in [0, 0.05) is 18.7 Å². The zero-order valence-corrected chi connectivity index (χ0v) is 13.9. The molecule has 5 heteroatoms. The summed E-state index contributed by atoms with van der Waals surface area (Å²) in [5.41, 5.74) is 1.59. The average Bonchev–Trinajstić information content (AvgIpc) is 2.67. The van der Waals surface area contributed by atoms with E-state index in [1.807, 2.05) is 42.5 Å². The van der Waals surface area contributed by atoms with Gasteiger partial charge in [0.25, 0.3) is 5.91 Å². The number of rotatable bonds is 8. The SMILES string of the molecule is N#CCCN(CCC#N)C(=O)c1ccc(OCc2ccccc2)cc1. The van der Waals surface area contributed by atoms with Crippen molar-refractivity contribution >= 4 is 5.91 Å². The summed E-state index contributed by atoms with van der Waals surface area (Å²) in [5.74, 6) is 0.501. The molecule has 25 heavy (non-hydrogen) atoms. The fraction of sp³-hybridized carbons (Fsp3) is 0.250. The molecular formula is C20H19N3O2. The van der Waals surface area contributed by atoms with Crippen LogP contribution in [0, 0.1) is 22.7 Å². The first kappa shape index (κ1) is 18.0. The summed E-state index contributed by atoms with van der Waals surface area (Å²) in [4.78, 5) is 14.0. The smallest absolute Gasteiger partial charge is 0.253 e. The molecule has 2 rings (SSSR count). The van der Waals surface area contributed by atoms with Gasteiger partial charge in [-0.25, -0.2) is 0 Å². The third-order valence-corrected chi connectivity index (χ3v) is 3.62. The summed E-state index contributed by atoms with van der Waals surface area (Å²) in [5, 5.41) is 17.4. The van der Waals surface area contributed by atoms with Crippen LogP contribution in [0.1, 0.15) is 28.8 Å². The molecule has 2 aromatic rings. The molecule has 0 N–H and O–H groups in total. The Labute approximate surface area is 147 Å². The second-order valence-electron chi connectivity index (χ2n) is 5.41. The van der Waals surface area contributed by atoms with Crippen molar-refractivity contribution < 1.29 is 9.53 Å². The molecule has 0 saturated heterocycles. The molecule has 0 unspecified atom stereocenters. The number of benzene rings is 2. The molecule has 0 aromatic heterocycles. The Balaban J connectivity index is 1.98. The van der Waals surface area contributed by atoms with Gasteiger partial charge >= 0.3 is 0 Å². The Morgan fingerprint density at radius 3 is 2.08 bits per heavy atom. The Morgan fingerprint density at radius 1 is 0.920 bits per heavy atom. The normalized spacial score (nSPS) is 9.68. The largest absolute Gasteiger partial charge is 0.489 e. The van der Waals surface area contributed by atoms with Crippen LogP contribution in [-0.2, 0) is 6.61 Å². The van der Waals surface area contributed by atoms with Crippen molar-refractivity contribution in [2.75, 3.05) is 13.1 Å². The lowest BCUT2D eigenvalue weighted by atomic mass is 10.1. The monoisotopic (exact) mass is 333 g/mol. The molecule has 0 aliphatic heterocycles. The van der Waals surface area contributed by atoms with Crippen LogP contribution in [0.25, 0.3) is 0 Å². The molecular weight excluding hydrogens is 314 g/mol. The highest BCUT2D eigenvalue weighted by Crippen LogP contribution is 2.16. The first-order valence-electron chi connectivity index (χ1n) is 8.04. The quantitative estimate of drug-likeness (QED) is 0.740. The maximum absolute atomic E-state index is 12.5. The zero-order chi connectivity index (χ0) is 17.9. The number of carbonyl (C=O) groups excluding carboxylic acids is 1. The molecule has 0 aliphatic carbocycles. The Bertz CT molecular complexity index is 740. The van der Waals surface area contributed by atoms with Gasteiger partial charge in [0.05, 0.1) is 25.0 Å². The molecule has 2 aromatic carbocycles. The van der Waals surface area contributed by atoms with Crippen LogP contribution in [0.4, 0.5) is 0 Å². The summed E-state index contributed by atoms with van der Waals surface area (Å²) < 4.78 is 5.71. The molecule has 5 nitrogen and oxygen atoms in total. The van der Waals surface area contributed by atoms with Crippen molar-refractivity contribution in [1.82, 2.24) is 4.90 Å². The van der Waals surface area contributed by atoms with Gasteiger partial charge in [0.1, 0.15) is 12.4 Å². The summed E-state index contributed by atoms with van der Waals surface area (Å²) in [6.07, 6.45) is 0.491. The van der Waals surface area contributed by atoms with Gasteiger partial charge in [-0.2, -0.15) is 10.5 Å². The summed E-state index contributed by atoms with van der Waals surface area (Å²) in [6.45, 7) is 1.11. The van der Waals surface area contributed by atoms with Crippen molar-refractivity contribution in [1.29, 1.82) is 10.5 Å². The molecule has 1 amide bonds. The van der Waals surface area contributed by atoms with E-state index in [4.69, 9.17) is 15.3 Å². The summed E-state index contributed by atoms with van der Waals surface area (Å²) >= 11 is 0. The third-order valence-electron chi connectivity index (χ3n) is 3.62. The van der Waals surface area contributed by atoms with Crippen molar-refractivity contribution in [3.05, 3.63) is 65.7 Å². The minimum atomic E-state index is -0.180. The molecule has 0 saturated carbocycles. The zero-order valence-electron chi connectivity index (χ0n) is 13.9. The Kier molecular flexibility index (Phi) is 7.03. The number of nitriles is 2. The Hall–Kier alpha value is -3.31. The van der Waals surface area contributed by atoms with Crippen LogP contribution in [0.5, 0.6) is 5.75 Å². The second kappa shape index (κ2) is 9.75. The molecule has 0 radical (unpaired) electrons. The summed E-state index contributed by atoms with van der Waals surface area (Å²) in [6, 6.07) is 20.8. The minimum Gasteiger partial charge on any atom is -0.489 e. The van der Waals surface area contributed by atoms with E-state index >= 15 is 0 Å². The fourth-order valence-corrected chi connectivity index (χ4v) is 2.30. The van der Waals surface area contributed by atoms with Gasteiger partial charge in [-0.1, -0.05) is 30.3 Å². The lowest BCUT2D eigenvalue weighted by Crippen LogP contribution is -2.32. The van der Waals surface area contributed by atoms with Crippen LogP contribution in [-0.4, -0.2) is 23.9 Å². The summed E-state index contributed by atoms with van der Waals surface area (Å²) in [7, 11) is 0. The first-order chi connectivity index (χ1) is 12.2. The topological polar surface area (TPSA) is 77.1 Å². The van der Waals surface area contributed by atoms with E-state index in [0.717, 1.165) is 5.56 Å². The number of ether oxygens (including phenoxy) is 1. The standard InChI is InChI=1S/C20H19N3O2/c21-12-4-14-23(15-5-13-22)20(24)18-8-10-19(11-9-18)25-16-17-6-2-1-3-7-17/h1-3,6-11H,4-5,14-16H2. The number of nitrogens with zero attached hydrogens (tertiary/aromatic N) is 3. The minimum absolute atomic E-state index is 0.180. The van der Waals surface area contributed by atoms with Crippen molar-refractivity contribution in [3.8, 4) is 17.9 Å². The van der Waals surface area contributed by atoms with Crippen LogP contribution < -0.4 is 4.74 Å². The fourth-order valence-electron chi connectivity index (χ4n) is 2.30. The van der Waals surface area contributed by atoms with Gasteiger partial charge in [0.15, 0.2) is 0 Å². The van der Waals surface area contributed by atoms with E-state index in [1.165, 1.54) is 4.90 Å². The molecule has 0 bridgehead atoms. The van der Waals surface area contributed by atoms with E-state index in [9.17, 15) is 4.79 Å². The van der Waals surface area contributed by atoms with Crippen LogP contribution in [0.15, 0.2) is 54.6 Å². The lowest BCUT2D eigenvalue weighted by Gasteiger charge is -2.20.